The zero-order chi connectivity index (χ0) is 15.1. The van der Waals surface area contributed by atoms with Gasteiger partial charge < -0.3 is 10.6 Å². The third kappa shape index (κ3) is 5.47. The minimum absolute atomic E-state index is 0.495. The minimum atomic E-state index is 0.495. The normalized spacial score (nSPS) is 14.5. The SMILES string of the molecule is CCc1cccc(NC(=S)NNC(=S)NC2CCCC2)c1. The topological polar surface area (TPSA) is 48.1 Å². The average molecular weight is 323 g/mol. The fourth-order valence-corrected chi connectivity index (χ4v) is 2.82. The van der Waals surface area contributed by atoms with Crippen LogP contribution in [0.3, 0.4) is 0 Å². The lowest BCUT2D eigenvalue weighted by Gasteiger charge is -2.17. The molecule has 0 spiro atoms. The Bertz CT molecular complexity index is 498. The van der Waals surface area contributed by atoms with Crippen LogP contribution in [-0.2, 0) is 6.42 Å². The number of nitrogens with one attached hydrogen (secondary N) is 4. The van der Waals surface area contributed by atoms with Gasteiger partial charge in [-0.2, -0.15) is 0 Å². The van der Waals surface area contributed by atoms with Crippen LogP contribution < -0.4 is 21.5 Å². The van der Waals surface area contributed by atoms with E-state index in [1.165, 1.54) is 31.2 Å². The zero-order valence-corrected chi connectivity index (χ0v) is 13.9. The lowest BCUT2D eigenvalue weighted by Crippen LogP contribution is -2.50. The van der Waals surface area contributed by atoms with Gasteiger partial charge in [0.05, 0.1) is 0 Å². The number of aryl methyl sites for hydroxylation is 1. The second kappa shape index (κ2) is 8.14. The molecule has 0 aliphatic heterocycles. The molecular weight excluding hydrogens is 300 g/mol. The fourth-order valence-electron chi connectivity index (χ4n) is 2.44. The van der Waals surface area contributed by atoms with Gasteiger partial charge in [0, 0.05) is 11.7 Å². The molecule has 0 saturated heterocycles. The lowest BCUT2D eigenvalue weighted by atomic mass is 10.1. The van der Waals surface area contributed by atoms with E-state index in [0.29, 0.717) is 16.3 Å². The van der Waals surface area contributed by atoms with E-state index >= 15 is 0 Å². The average Bonchev–Trinajstić information content (AvgIpc) is 2.98. The first-order valence-corrected chi connectivity index (χ1v) is 8.21. The van der Waals surface area contributed by atoms with Crippen molar-refractivity contribution in [3.63, 3.8) is 0 Å². The van der Waals surface area contributed by atoms with Crippen molar-refractivity contribution < 1.29 is 0 Å². The summed E-state index contributed by atoms with van der Waals surface area (Å²) < 4.78 is 0. The molecule has 0 aromatic heterocycles. The first-order chi connectivity index (χ1) is 10.2. The van der Waals surface area contributed by atoms with Crippen LogP contribution in [0.15, 0.2) is 24.3 Å². The summed E-state index contributed by atoms with van der Waals surface area (Å²) in [6, 6.07) is 8.68. The number of hydrazine groups is 1. The second-order valence-corrected chi connectivity index (χ2v) is 6.03. The predicted octanol–water partition coefficient (Wildman–Crippen LogP) is 2.86. The molecule has 1 aromatic rings. The van der Waals surface area contributed by atoms with Crippen LogP contribution in [-0.4, -0.2) is 16.3 Å². The minimum Gasteiger partial charge on any atom is -0.359 e. The predicted molar refractivity (Wildman–Crippen MR) is 96.3 cm³/mol. The van der Waals surface area contributed by atoms with Crippen molar-refractivity contribution >= 4 is 40.3 Å². The molecule has 1 fully saturated rings. The maximum atomic E-state index is 5.24. The number of hydrogen-bond donors (Lipinski definition) is 4. The Morgan fingerprint density at radius 1 is 1.14 bits per heavy atom. The van der Waals surface area contributed by atoms with Crippen LogP contribution in [0.4, 0.5) is 5.69 Å². The Morgan fingerprint density at radius 3 is 2.57 bits per heavy atom. The van der Waals surface area contributed by atoms with Crippen LogP contribution in [0.25, 0.3) is 0 Å². The Hall–Kier alpha value is -1.40. The van der Waals surface area contributed by atoms with E-state index in [2.05, 4.69) is 40.5 Å². The molecule has 4 nitrogen and oxygen atoms in total. The van der Waals surface area contributed by atoms with Crippen molar-refractivity contribution in [1.82, 2.24) is 16.2 Å². The van der Waals surface area contributed by atoms with Crippen molar-refractivity contribution in [3.8, 4) is 0 Å². The Kier molecular flexibility index (Phi) is 6.20. The van der Waals surface area contributed by atoms with Gasteiger partial charge in [-0.3, -0.25) is 10.9 Å². The lowest BCUT2D eigenvalue weighted by molar-refractivity contribution is 0.618. The van der Waals surface area contributed by atoms with E-state index in [0.717, 1.165) is 12.1 Å². The van der Waals surface area contributed by atoms with Crippen LogP contribution in [0.2, 0.25) is 0 Å². The van der Waals surface area contributed by atoms with Crippen molar-refractivity contribution in [1.29, 1.82) is 0 Å². The quantitative estimate of drug-likeness (QED) is 0.507. The van der Waals surface area contributed by atoms with E-state index in [4.69, 9.17) is 24.4 Å². The molecule has 2 rings (SSSR count). The van der Waals surface area contributed by atoms with Crippen molar-refractivity contribution in [2.24, 2.45) is 0 Å². The summed E-state index contributed by atoms with van der Waals surface area (Å²) in [5, 5.41) is 7.51. The highest BCUT2D eigenvalue weighted by Crippen LogP contribution is 2.17. The van der Waals surface area contributed by atoms with Crippen LogP contribution >= 0.6 is 24.4 Å². The Morgan fingerprint density at radius 2 is 1.86 bits per heavy atom. The molecular formula is C15H22N4S2. The summed E-state index contributed by atoms with van der Waals surface area (Å²) in [6.45, 7) is 2.13. The second-order valence-electron chi connectivity index (χ2n) is 5.21. The molecule has 1 aliphatic carbocycles. The van der Waals surface area contributed by atoms with Crippen molar-refractivity contribution in [2.75, 3.05) is 5.32 Å². The van der Waals surface area contributed by atoms with Gasteiger partial charge in [0.1, 0.15) is 0 Å². The van der Waals surface area contributed by atoms with E-state index in [-0.39, 0.29) is 0 Å². The summed E-state index contributed by atoms with van der Waals surface area (Å²) in [7, 11) is 0. The Labute approximate surface area is 137 Å². The van der Waals surface area contributed by atoms with Gasteiger partial charge in [-0.1, -0.05) is 31.9 Å². The zero-order valence-electron chi connectivity index (χ0n) is 12.2. The van der Waals surface area contributed by atoms with Crippen molar-refractivity contribution in [2.45, 2.75) is 45.1 Å². The van der Waals surface area contributed by atoms with E-state index in [9.17, 15) is 0 Å². The summed E-state index contributed by atoms with van der Waals surface area (Å²) in [5.41, 5.74) is 8.08. The van der Waals surface area contributed by atoms with Crippen LogP contribution in [0, 0.1) is 0 Å². The molecule has 21 heavy (non-hydrogen) atoms. The molecule has 0 amide bonds. The molecule has 0 atom stereocenters. The van der Waals surface area contributed by atoms with Gasteiger partial charge in [0.2, 0.25) is 0 Å². The highest BCUT2D eigenvalue weighted by atomic mass is 32.1. The summed E-state index contributed by atoms with van der Waals surface area (Å²) in [5.74, 6) is 0. The summed E-state index contributed by atoms with van der Waals surface area (Å²) in [4.78, 5) is 0. The third-order valence-electron chi connectivity index (χ3n) is 3.57. The fraction of sp³-hybridized carbons (Fsp3) is 0.467. The molecule has 0 heterocycles. The third-order valence-corrected chi connectivity index (χ3v) is 4.00. The van der Waals surface area contributed by atoms with Crippen LogP contribution in [0.1, 0.15) is 38.2 Å². The maximum Gasteiger partial charge on any atom is 0.189 e. The molecule has 114 valence electrons. The van der Waals surface area contributed by atoms with E-state index < -0.39 is 0 Å². The van der Waals surface area contributed by atoms with Crippen molar-refractivity contribution in [3.05, 3.63) is 29.8 Å². The molecule has 1 aromatic carbocycles. The van der Waals surface area contributed by atoms with Crippen LogP contribution in [0.5, 0.6) is 0 Å². The highest BCUT2D eigenvalue weighted by molar-refractivity contribution is 7.80. The molecule has 1 saturated carbocycles. The monoisotopic (exact) mass is 322 g/mol. The van der Waals surface area contributed by atoms with E-state index in [1.807, 2.05) is 12.1 Å². The number of rotatable bonds is 3. The molecule has 0 bridgehead atoms. The molecule has 4 N–H and O–H groups in total. The number of benzene rings is 1. The smallest absolute Gasteiger partial charge is 0.189 e. The van der Waals surface area contributed by atoms with Gasteiger partial charge in [0.15, 0.2) is 10.2 Å². The van der Waals surface area contributed by atoms with Gasteiger partial charge in [-0.25, -0.2) is 0 Å². The number of thiocarbonyl (C=S) groups is 2. The molecule has 6 heteroatoms. The van der Waals surface area contributed by atoms with Gasteiger partial charge in [-0.05, 0) is 61.4 Å². The van der Waals surface area contributed by atoms with Gasteiger partial charge in [-0.15, -0.1) is 0 Å². The van der Waals surface area contributed by atoms with Gasteiger partial charge in [0.25, 0.3) is 0 Å². The molecule has 0 radical (unpaired) electrons. The number of hydrogen-bond acceptors (Lipinski definition) is 2. The number of anilines is 1. The first kappa shape index (κ1) is 16.0. The molecule has 1 aliphatic rings. The summed E-state index contributed by atoms with van der Waals surface area (Å²) >= 11 is 10.5. The standard InChI is InChI=1S/C15H22N4S2/c1-2-11-6-5-9-13(10-11)17-15(21)19-18-14(20)16-12-7-3-4-8-12/h5-6,9-10,12H,2-4,7-8H2,1H3,(H2,16,18,20)(H2,17,19,21). The molecule has 0 unspecified atom stereocenters. The largest absolute Gasteiger partial charge is 0.359 e. The maximum absolute atomic E-state index is 5.24. The first-order valence-electron chi connectivity index (χ1n) is 7.40. The Balaban J connectivity index is 1.72. The summed E-state index contributed by atoms with van der Waals surface area (Å²) in [6.07, 6.45) is 5.94. The van der Waals surface area contributed by atoms with Gasteiger partial charge >= 0.3 is 0 Å². The van der Waals surface area contributed by atoms with E-state index in [1.54, 1.807) is 0 Å². The highest BCUT2D eigenvalue weighted by Gasteiger charge is 2.15.